The Morgan fingerprint density at radius 3 is 3.00 bits per heavy atom. The minimum Gasteiger partial charge on any atom is -0.378 e. The van der Waals surface area contributed by atoms with Crippen molar-refractivity contribution in [3.63, 3.8) is 0 Å². The van der Waals surface area contributed by atoms with Crippen LogP contribution in [0.25, 0.3) is 0 Å². The van der Waals surface area contributed by atoms with Gasteiger partial charge in [0.1, 0.15) is 5.82 Å². The molecule has 1 aromatic rings. The van der Waals surface area contributed by atoms with Crippen LogP contribution in [0.4, 0.5) is 11.8 Å². The largest absolute Gasteiger partial charge is 0.378 e. The Bertz CT molecular complexity index is 377. The third-order valence-corrected chi connectivity index (χ3v) is 3.12. The maximum Gasteiger partial charge on any atom is 0.224 e. The Balaban J connectivity index is 1.80. The van der Waals surface area contributed by atoms with Gasteiger partial charge in [-0.25, -0.2) is 4.98 Å². The van der Waals surface area contributed by atoms with Crippen molar-refractivity contribution in [1.82, 2.24) is 9.97 Å². The van der Waals surface area contributed by atoms with Gasteiger partial charge in [-0.15, -0.1) is 0 Å². The van der Waals surface area contributed by atoms with Gasteiger partial charge in [-0.2, -0.15) is 4.98 Å². The third kappa shape index (κ3) is 3.84. The molecule has 0 amide bonds. The van der Waals surface area contributed by atoms with Gasteiger partial charge in [0.15, 0.2) is 0 Å². The number of hydrogen-bond acceptors (Lipinski definition) is 5. The molecule has 0 spiro atoms. The lowest BCUT2D eigenvalue weighted by Crippen LogP contribution is -2.22. The quantitative estimate of drug-likeness (QED) is 0.839. The second-order valence-electron chi connectivity index (χ2n) is 4.67. The zero-order chi connectivity index (χ0) is 12.8. The Morgan fingerprint density at radius 1 is 1.39 bits per heavy atom. The molecule has 2 rings (SSSR count). The molecular formula is C13H22N4O. The van der Waals surface area contributed by atoms with Crippen molar-refractivity contribution in [1.29, 1.82) is 0 Å². The molecule has 1 saturated heterocycles. The van der Waals surface area contributed by atoms with Crippen molar-refractivity contribution in [3.8, 4) is 0 Å². The van der Waals surface area contributed by atoms with Crippen molar-refractivity contribution in [3.05, 3.63) is 11.8 Å². The fourth-order valence-corrected chi connectivity index (χ4v) is 2.17. The van der Waals surface area contributed by atoms with Crippen LogP contribution in [-0.2, 0) is 4.74 Å². The Hall–Kier alpha value is -1.36. The molecule has 18 heavy (non-hydrogen) atoms. The van der Waals surface area contributed by atoms with Crippen LogP contribution >= 0.6 is 0 Å². The molecule has 1 unspecified atom stereocenters. The molecule has 2 N–H and O–H groups in total. The van der Waals surface area contributed by atoms with Gasteiger partial charge in [0.25, 0.3) is 0 Å². The molecule has 1 aromatic heterocycles. The van der Waals surface area contributed by atoms with Gasteiger partial charge < -0.3 is 15.4 Å². The molecule has 5 nitrogen and oxygen atoms in total. The first-order chi connectivity index (χ1) is 8.78. The van der Waals surface area contributed by atoms with Crippen LogP contribution in [0.3, 0.4) is 0 Å². The summed E-state index contributed by atoms with van der Waals surface area (Å²) >= 11 is 0. The number of ether oxygens (including phenoxy) is 1. The van der Waals surface area contributed by atoms with Crippen LogP contribution in [0, 0.1) is 6.92 Å². The number of nitrogens with zero attached hydrogens (tertiary/aromatic N) is 2. The SMILES string of the molecule is CNc1nc(C)cc(NCCC2CCCCO2)n1. The molecule has 100 valence electrons. The average molecular weight is 250 g/mol. The van der Waals surface area contributed by atoms with E-state index in [0.29, 0.717) is 12.1 Å². The van der Waals surface area contributed by atoms with Crippen LogP contribution in [-0.4, -0.2) is 36.3 Å². The van der Waals surface area contributed by atoms with Crippen molar-refractivity contribution in [2.75, 3.05) is 30.8 Å². The zero-order valence-electron chi connectivity index (χ0n) is 11.2. The molecule has 0 bridgehead atoms. The topological polar surface area (TPSA) is 59.1 Å². The van der Waals surface area contributed by atoms with Crippen LogP contribution in [0.1, 0.15) is 31.4 Å². The zero-order valence-corrected chi connectivity index (χ0v) is 11.2. The van der Waals surface area contributed by atoms with E-state index in [9.17, 15) is 0 Å². The average Bonchev–Trinajstić information content (AvgIpc) is 2.39. The van der Waals surface area contributed by atoms with E-state index in [-0.39, 0.29) is 0 Å². The summed E-state index contributed by atoms with van der Waals surface area (Å²) in [5.74, 6) is 1.54. The molecule has 0 aliphatic carbocycles. The van der Waals surface area contributed by atoms with Gasteiger partial charge in [0, 0.05) is 32.0 Å². The molecule has 5 heteroatoms. The second-order valence-corrected chi connectivity index (χ2v) is 4.67. The van der Waals surface area contributed by atoms with E-state index in [0.717, 1.165) is 31.1 Å². The Morgan fingerprint density at radius 2 is 2.28 bits per heavy atom. The van der Waals surface area contributed by atoms with E-state index in [2.05, 4.69) is 20.6 Å². The van der Waals surface area contributed by atoms with Gasteiger partial charge in [0.05, 0.1) is 6.10 Å². The summed E-state index contributed by atoms with van der Waals surface area (Å²) in [5, 5.41) is 6.30. The van der Waals surface area contributed by atoms with Crippen molar-refractivity contribution in [2.24, 2.45) is 0 Å². The summed E-state index contributed by atoms with van der Waals surface area (Å²) in [6.07, 6.45) is 5.14. The number of hydrogen-bond donors (Lipinski definition) is 2. The predicted octanol–water partition coefficient (Wildman–Crippen LogP) is 2.20. The van der Waals surface area contributed by atoms with E-state index in [4.69, 9.17) is 4.74 Å². The highest BCUT2D eigenvalue weighted by Gasteiger charge is 2.13. The minimum absolute atomic E-state index is 0.415. The molecule has 0 radical (unpaired) electrons. The van der Waals surface area contributed by atoms with Gasteiger partial charge in [0.2, 0.25) is 5.95 Å². The molecular weight excluding hydrogens is 228 g/mol. The van der Waals surface area contributed by atoms with Crippen LogP contribution < -0.4 is 10.6 Å². The Kier molecular flexibility index (Phi) is 4.75. The number of aromatic nitrogens is 2. The normalized spacial score (nSPS) is 19.6. The number of aryl methyl sites for hydroxylation is 1. The monoisotopic (exact) mass is 250 g/mol. The maximum atomic E-state index is 5.70. The molecule has 2 heterocycles. The number of anilines is 2. The van der Waals surface area contributed by atoms with E-state index in [1.165, 1.54) is 19.3 Å². The predicted molar refractivity (Wildman–Crippen MR) is 73.0 cm³/mol. The first kappa shape index (κ1) is 13.1. The first-order valence-corrected chi connectivity index (χ1v) is 6.67. The molecule has 0 aromatic carbocycles. The third-order valence-electron chi connectivity index (χ3n) is 3.12. The lowest BCUT2D eigenvalue weighted by atomic mass is 10.1. The van der Waals surface area contributed by atoms with Crippen molar-refractivity contribution in [2.45, 2.75) is 38.7 Å². The van der Waals surface area contributed by atoms with Crippen LogP contribution in [0.2, 0.25) is 0 Å². The minimum atomic E-state index is 0.415. The lowest BCUT2D eigenvalue weighted by Gasteiger charge is -2.22. The Labute approximate surface area is 108 Å². The summed E-state index contributed by atoms with van der Waals surface area (Å²) in [4.78, 5) is 8.62. The second kappa shape index (κ2) is 6.54. The summed E-state index contributed by atoms with van der Waals surface area (Å²) in [6.45, 7) is 3.78. The lowest BCUT2D eigenvalue weighted by molar-refractivity contribution is 0.0134. The summed E-state index contributed by atoms with van der Waals surface area (Å²) < 4.78 is 5.70. The molecule has 1 atom stereocenters. The van der Waals surface area contributed by atoms with Gasteiger partial charge in [-0.05, 0) is 32.6 Å². The standard InChI is InChI=1S/C13H22N4O/c1-10-9-12(17-13(14-2)16-10)15-7-6-11-5-3-4-8-18-11/h9,11H,3-8H2,1-2H3,(H2,14,15,16,17). The van der Waals surface area contributed by atoms with E-state index >= 15 is 0 Å². The fraction of sp³-hybridized carbons (Fsp3) is 0.692. The highest BCUT2D eigenvalue weighted by atomic mass is 16.5. The highest BCUT2D eigenvalue weighted by molar-refractivity contribution is 5.41. The first-order valence-electron chi connectivity index (χ1n) is 6.67. The summed E-state index contributed by atoms with van der Waals surface area (Å²) in [6, 6.07) is 1.96. The van der Waals surface area contributed by atoms with Crippen LogP contribution in [0.5, 0.6) is 0 Å². The maximum absolute atomic E-state index is 5.70. The molecule has 0 saturated carbocycles. The van der Waals surface area contributed by atoms with Gasteiger partial charge in [-0.3, -0.25) is 0 Å². The van der Waals surface area contributed by atoms with E-state index in [1.807, 2.05) is 20.0 Å². The molecule has 1 fully saturated rings. The highest BCUT2D eigenvalue weighted by Crippen LogP contribution is 2.16. The van der Waals surface area contributed by atoms with E-state index < -0.39 is 0 Å². The molecule has 1 aliphatic heterocycles. The fourth-order valence-electron chi connectivity index (χ4n) is 2.17. The van der Waals surface area contributed by atoms with Gasteiger partial charge in [-0.1, -0.05) is 0 Å². The number of rotatable bonds is 5. The summed E-state index contributed by atoms with van der Waals surface area (Å²) in [7, 11) is 1.83. The van der Waals surface area contributed by atoms with Crippen molar-refractivity contribution < 1.29 is 4.74 Å². The smallest absolute Gasteiger partial charge is 0.224 e. The summed E-state index contributed by atoms with van der Waals surface area (Å²) in [5.41, 5.74) is 0.964. The van der Waals surface area contributed by atoms with Crippen LogP contribution in [0.15, 0.2) is 6.07 Å². The van der Waals surface area contributed by atoms with Crippen molar-refractivity contribution >= 4 is 11.8 Å². The molecule has 1 aliphatic rings. The number of nitrogens with one attached hydrogen (secondary N) is 2. The van der Waals surface area contributed by atoms with Gasteiger partial charge >= 0.3 is 0 Å². The van der Waals surface area contributed by atoms with E-state index in [1.54, 1.807) is 0 Å².